The number of rotatable bonds is 6. The maximum atomic E-state index is 10.4. The summed E-state index contributed by atoms with van der Waals surface area (Å²) in [4.78, 5) is 4.68. The zero-order valence-corrected chi connectivity index (χ0v) is 13.9. The molecule has 3 N–H and O–H groups in total. The van der Waals surface area contributed by atoms with Crippen LogP contribution in [0.25, 0.3) is 11.3 Å². The summed E-state index contributed by atoms with van der Waals surface area (Å²) in [6.07, 6.45) is 0.863. The maximum Gasteiger partial charge on any atom is 0.113 e. The molecule has 1 aromatic heterocycles. The molecular formula is C17H23N3O2S. The fourth-order valence-corrected chi connectivity index (χ4v) is 3.38. The molecule has 5 nitrogen and oxygen atoms in total. The Morgan fingerprint density at radius 1 is 1.35 bits per heavy atom. The molecule has 0 spiro atoms. The Labute approximate surface area is 140 Å². The monoisotopic (exact) mass is 333 g/mol. The molecule has 2 aromatic rings. The molecule has 23 heavy (non-hydrogen) atoms. The lowest BCUT2D eigenvalue weighted by Gasteiger charge is -2.26. The van der Waals surface area contributed by atoms with Gasteiger partial charge in [0.25, 0.3) is 0 Å². The molecule has 1 aromatic carbocycles. The molecular weight excluding hydrogens is 310 g/mol. The largest absolute Gasteiger partial charge is 0.385 e. The molecule has 2 heterocycles. The minimum atomic E-state index is -0.825. The van der Waals surface area contributed by atoms with Crippen molar-refractivity contribution in [3.63, 3.8) is 0 Å². The molecule has 0 aliphatic carbocycles. The summed E-state index contributed by atoms with van der Waals surface area (Å²) in [5, 5.41) is 20.2. The third-order valence-corrected chi connectivity index (χ3v) is 4.75. The van der Waals surface area contributed by atoms with E-state index >= 15 is 0 Å². The SMILES string of the molecule is OC1(CNCCc2nc(-c3ccccc3)cs2)CNCCOC1. The average Bonchev–Trinajstić information content (AvgIpc) is 2.94. The van der Waals surface area contributed by atoms with Crippen molar-refractivity contribution in [1.29, 1.82) is 0 Å². The first-order valence-electron chi connectivity index (χ1n) is 7.97. The average molecular weight is 333 g/mol. The molecule has 1 aliphatic heterocycles. The van der Waals surface area contributed by atoms with Crippen molar-refractivity contribution >= 4 is 11.3 Å². The molecule has 0 saturated carbocycles. The van der Waals surface area contributed by atoms with E-state index in [0.717, 1.165) is 35.8 Å². The van der Waals surface area contributed by atoms with Gasteiger partial charge in [0.1, 0.15) is 5.60 Å². The van der Waals surface area contributed by atoms with Gasteiger partial charge >= 0.3 is 0 Å². The molecule has 1 atom stereocenters. The summed E-state index contributed by atoms with van der Waals surface area (Å²) >= 11 is 1.68. The lowest BCUT2D eigenvalue weighted by molar-refractivity contribution is -0.0260. The van der Waals surface area contributed by atoms with Crippen molar-refractivity contribution < 1.29 is 9.84 Å². The van der Waals surface area contributed by atoms with E-state index in [-0.39, 0.29) is 0 Å². The Balaban J connectivity index is 1.45. The highest BCUT2D eigenvalue weighted by atomic mass is 32.1. The first kappa shape index (κ1) is 16.5. The molecule has 6 heteroatoms. The topological polar surface area (TPSA) is 66.4 Å². The van der Waals surface area contributed by atoms with Crippen molar-refractivity contribution in [1.82, 2.24) is 15.6 Å². The van der Waals surface area contributed by atoms with E-state index in [9.17, 15) is 5.11 Å². The van der Waals surface area contributed by atoms with Crippen LogP contribution in [0.1, 0.15) is 5.01 Å². The third kappa shape index (κ3) is 4.83. The zero-order valence-electron chi connectivity index (χ0n) is 13.1. The predicted molar refractivity (Wildman–Crippen MR) is 92.8 cm³/mol. The Kier molecular flexibility index (Phi) is 5.75. The van der Waals surface area contributed by atoms with E-state index in [1.165, 1.54) is 0 Å². The van der Waals surface area contributed by atoms with Gasteiger partial charge in [-0.25, -0.2) is 4.98 Å². The Bertz CT molecular complexity index is 595. The number of nitrogens with one attached hydrogen (secondary N) is 2. The van der Waals surface area contributed by atoms with E-state index in [1.54, 1.807) is 11.3 Å². The van der Waals surface area contributed by atoms with Gasteiger partial charge in [0, 0.05) is 43.5 Å². The van der Waals surface area contributed by atoms with Crippen LogP contribution in [0.15, 0.2) is 35.7 Å². The fourth-order valence-electron chi connectivity index (χ4n) is 2.58. The second-order valence-corrected chi connectivity index (χ2v) is 6.82. The van der Waals surface area contributed by atoms with Crippen LogP contribution < -0.4 is 10.6 Å². The number of hydrogen-bond donors (Lipinski definition) is 3. The number of thiazole rings is 1. The van der Waals surface area contributed by atoms with Crippen LogP contribution in [-0.2, 0) is 11.2 Å². The number of aromatic nitrogens is 1. The number of nitrogens with zero attached hydrogens (tertiary/aromatic N) is 1. The quantitative estimate of drug-likeness (QED) is 0.695. The van der Waals surface area contributed by atoms with Gasteiger partial charge in [-0.2, -0.15) is 0 Å². The van der Waals surface area contributed by atoms with Gasteiger partial charge in [-0.05, 0) is 0 Å². The van der Waals surface area contributed by atoms with Crippen LogP contribution in [0.4, 0.5) is 0 Å². The van der Waals surface area contributed by atoms with Crippen LogP contribution in [0.5, 0.6) is 0 Å². The summed E-state index contributed by atoms with van der Waals surface area (Å²) < 4.78 is 5.41. The predicted octanol–water partition coefficient (Wildman–Crippen LogP) is 1.29. The molecule has 0 bridgehead atoms. The van der Waals surface area contributed by atoms with E-state index in [1.807, 2.05) is 18.2 Å². The smallest absolute Gasteiger partial charge is 0.113 e. The number of β-amino-alcohol motifs (C(OH)–C–C–N with tert-alkyl or cyclic N) is 1. The van der Waals surface area contributed by atoms with Crippen LogP contribution in [-0.4, -0.2) is 55.1 Å². The van der Waals surface area contributed by atoms with Crippen LogP contribution >= 0.6 is 11.3 Å². The molecule has 1 unspecified atom stereocenters. The molecule has 1 saturated heterocycles. The Morgan fingerprint density at radius 3 is 3.09 bits per heavy atom. The summed E-state index contributed by atoms with van der Waals surface area (Å²) in [6.45, 7) is 3.71. The van der Waals surface area contributed by atoms with E-state index in [0.29, 0.717) is 26.3 Å². The normalized spacial score (nSPS) is 22.0. The van der Waals surface area contributed by atoms with Crippen molar-refractivity contribution in [2.75, 3.05) is 39.4 Å². The summed E-state index contributed by atoms with van der Waals surface area (Å²) in [6, 6.07) is 10.2. The van der Waals surface area contributed by atoms with Crippen molar-refractivity contribution in [2.24, 2.45) is 0 Å². The molecule has 3 rings (SSSR count). The number of hydrogen-bond acceptors (Lipinski definition) is 6. The third-order valence-electron chi connectivity index (χ3n) is 3.84. The standard InChI is InChI=1S/C17H23N3O2S/c21-17(12-19-8-9-22-13-17)11-18-7-6-16-20-15(10-23-16)14-4-2-1-3-5-14/h1-5,10,18-19,21H,6-9,11-13H2. The highest BCUT2D eigenvalue weighted by molar-refractivity contribution is 7.09. The summed E-state index contributed by atoms with van der Waals surface area (Å²) in [7, 11) is 0. The van der Waals surface area contributed by atoms with E-state index < -0.39 is 5.60 Å². The lowest BCUT2D eigenvalue weighted by atomic mass is 10.1. The minimum Gasteiger partial charge on any atom is -0.385 e. The van der Waals surface area contributed by atoms with Crippen LogP contribution in [0.3, 0.4) is 0 Å². The first-order chi connectivity index (χ1) is 11.3. The van der Waals surface area contributed by atoms with Gasteiger partial charge in [-0.15, -0.1) is 11.3 Å². The molecule has 1 fully saturated rings. The van der Waals surface area contributed by atoms with Gasteiger partial charge in [0.15, 0.2) is 0 Å². The Hall–Kier alpha value is -1.31. The number of aliphatic hydroxyl groups is 1. The van der Waals surface area contributed by atoms with Gasteiger partial charge in [-0.3, -0.25) is 0 Å². The van der Waals surface area contributed by atoms with Crippen molar-refractivity contribution in [2.45, 2.75) is 12.0 Å². The van der Waals surface area contributed by atoms with Crippen molar-refractivity contribution in [3.05, 3.63) is 40.7 Å². The Morgan fingerprint density at radius 2 is 2.22 bits per heavy atom. The van der Waals surface area contributed by atoms with Crippen LogP contribution in [0, 0.1) is 0 Å². The summed E-state index contributed by atoms with van der Waals surface area (Å²) in [5.74, 6) is 0. The first-order valence-corrected chi connectivity index (χ1v) is 8.85. The second-order valence-electron chi connectivity index (χ2n) is 5.87. The fraction of sp³-hybridized carbons (Fsp3) is 0.471. The molecule has 124 valence electrons. The summed E-state index contributed by atoms with van der Waals surface area (Å²) in [5.41, 5.74) is 1.36. The second kappa shape index (κ2) is 7.99. The van der Waals surface area contributed by atoms with Gasteiger partial charge in [0.05, 0.1) is 23.9 Å². The molecule has 0 radical (unpaired) electrons. The minimum absolute atomic E-state index is 0.377. The highest BCUT2D eigenvalue weighted by Crippen LogP contribution is 2.21. The van der Waals surface area contributed by atoms with E-state index in [4.69, 9.17) is 4.74 Å². The zero-order chi connectivity index (χ0) is 16.0. The van der Waals surface area contributed by atoms with Crippen molar-refractivity contribution in [3.8, 4) is 11.3 Å². The van der Waals surface area contributed by atoms with Gasteiger partial charge in [-0.1, -0.05) is 30.3 Å². The highest BCUT2D eigenvalue weighted by Gasteiger charge is 2.28. The van der Waals surface area contributed by atoms with E-state index in [2.05, 4.69) is 33.1 Å². The van der Waals surface area contributed by atoms with Gasteiger partial charge < -0.3 is 20.5 Å². The van der Waals surface area contributed by atoms with Gasteiger partial charge in [0.2, 0.25) is 0 Å². The number of benzene rings is 1. The van der Waals surface area contributed by atoms with Crippen LogP contribution in [0.2, 0.25) is 0 Å². The number of ether oxygens (including phenoxy) is 1. The maximum absolute atomic E-state index is 10.4. The lowest BCUT2D eigenvalue weighted by Crippen LogP contribution is -2.50. The molecule has 1 aliphatic rings. The molecule has 0 amide bonds.